The van der Waals surface area contributed by atoms with E-state index in [9.17, 15) is 0 Å². The zero-order chi connectivity index (χ0) is 15.1. The van der Waals surface area contributed by atoms with Gasteiger partial charge in [0, 0.05) is 18.6 Å². The molecule has 0 radical (unpaired) electrons. The maximum absolute atomic E-state index is 6.04. The fourth-order valence-electron chi connectivity index (χ4n) is 3.71. The van der Waals surface area contributed by atoms with E-state index in [4.69, 9.17) is 5.73 Å². The van der Waals surface area contributed by atoms with Crippen LogP contribution in [0.25, 0.3) is 0 Å². The van der Waals surface area contributed by atoms with E-state index in [2.05, 4.69) is 34.0 Å². The molecule has 2 rings (SSSR count). The average molecular weight is 423 g/mol. The Bertz CT molecular complexity index is 336. The van der Waals surface area contributed by atoms with Crippen molar-refractivity contribution in [3.63, 3.8) is 0 Å². The number of piperidine rings is 1. The van der Waals surface area contributed by atoms with Gasteiger partial charge < -0.3 is 11.1 Å². The second-order valence-electron chi connectivity index (χ2n) is 6.31. The molecule has 130 valence electrons. The lowest BCUT2D eigenvalue weighted by Crippen LogP contribution is -2.48. The quantitative estimate of drug-likeness (QED) is 0.389. The first-order valence-electron chi connectivity index (χ1n) is 8.76. The molecular weight excluding hydrogens is 389 g/mol. The van der Waals surface area contributed by atoms with Crippen molar-refractivity contribution in [2.45, 2.75) is 58.0 Å². The highest BCUT2D eigenvalue weighted by Crippen LogP contribution is 2.17. The highest BCUT2D eigenvalue weighted by molar-refractivity contribution is 14.0. The summed E-state index contributed by atoms with van der Waals surface area (Å²) < 4.78 is 0. The number of guanidine groups is 1. The lowest BCUT2D eigenvalue weighted by molar-refractivity contribution is 0.157. The molecule has 0 saturated carbocycles. The van der Waals surface area contributed by atoms with Crippen molar-refractivity contribution in [3.8, 4) is 0 Å². The van der Waals surface area contributed by atoms with Crippen LogP contribution in [0.4, 0.5) is 0 Å². The summed E-state index contributed by atoms with van der Waals surface area (Å²) in [6, 6.07) is 1.22. The van der Waals surface area contributed by atoms with E-state index in [1.165, 1.54) is 45.2 Å². The standard InChI is InChI=1S/C16H33N5.HI/c1-3-20-10-6-5-8-14(20)12-18-16(17)19-13-15-9-7-11-21(15)4-2;/h14-15H,3-13H2,1-2H3,(H3,17,18,19);1H. The Labute approximate surface area is 153 Å². The predicted octanol–water partition coefficient (Wildman–Crippen LogP) is 1.87. The molecule has 0 aromatic carbocycles. The van der Waals surface area contributed by atoms with E-state index in [0.717, 1.165) is 26.2 Å². The largest absolute Gasteiger partial charge is 0.370 e. The van der Waals surface area contributed by atoms with Gasteiger partial charge in [0.2, 0.25) is 0 Å². The van der Waals surface area contributed by atoms with Crippen LogP contribution in [0.2, 0.25) is 0 Å². The zero-order valence-corrected chi connectivity index (χ0v) is 16.6. The van der Waals surface area contributed by atoms with Gasteiger partial charge in [0.05, 0.1) is 6.54 Å². The number of nitrogens with two attached hydrogens (primary N) is 1. The van der Waals surface area contributed by atoms with Crippen molar-refractivity contribution in [1.29, 1.82) is 0 Å². The van der Waals surface area contributed by atoms with Gasteiger partial charge in [-0.25, -0.2) is 0 Å². The number of nitrogens with zero attached hydrogens (tertiary/aromatic N) is 3. The molecule has 2 heterocycles. The SMILES string of the molecule is CCN1CCCC1CN=C(N)NCC1CCCCN1CC.I. The minimum atomic E-state index is 0. The van der Waals surface area contributed by atoms with Gasteiger partial charge >= 0.3 is 0 Å². The van der Waals surface area contributed by atoms with E-state index in [-0.39, 0.29) is 24.0 Å². The molecule has 0 amide bonds. The van der Waals surface area contributed by atoms with Crippen molar-refractivity contribution >= 4 is 29.9 Å². The van der Waals surface area contributed by atoms with Crippen LogP contribution in [0.3, 0.4) is 0 Å². The second-order valence-corrected chi connectivity index (χ2v) is 6.31. The molecule has 3 N–H and O–H groups in total. The third kappa shape index (κ3) is 5.85. The van der Waals surface area contributed by atoms with Gasteiger partial charge in [0.1, 0.15) is 0 Å². The van der Waals surface area contributed by atoms with Gasteiger partial charge in [-0.3, -0.25) is 14.8 Å². The molecule has 22 heavy (non-hydrogen) atoms. The summed E-state index contributed by atoms with van der Waals surface area (Å²) in [4.78, 5) is 9.63. The van der Waals surface area contributed by atoms with Crippen molar-refractivity contribution < 1.29 is 0 Å². The number of halogens is 1. The molecular formula is C16H34IN5. The number of aliphatic imine (C=N–C) groups is 1. The summed E-state index contributed by atoms with van der Waals surface area (Å²) in [5.74, 6) is 0.625. The van der Waals surface area contributed by atoms with Crippen molar-refractivity contribution in [2.75, 3.05) is 39.3 Å². The fraction of sp³-hybridized carbons (Fsp3) is 0.938. The molecule has 2 unspecified atom stereocenters. The lowest BCUT2D eigenvalue weighted by atomic mass is 10.0. The molecule has 2 aliphatic rings. The fourth-order valence-corrected chi connectivity index (χ4v) is 3.71. The number of likely N-dealkylation sites (N-methyl/N-ethyl adjacent to an activating group) is 2. The van der Waals surface area contributed by atoms with Gasteiger partial charge in [0.15, 0.2) is 5.96 Å². The van der Waals surface area contributed by atoms with Crippen LogP contribution in [-0.4, -0.2) is 67.1 Å². The first-order valence-corrected chi connectivity index (χ1v) is 8.76. The topological polar surface area (TPSA) is 56.9 Å². The predicted molar refractivity (Wildman–Crippen MR) is 105 cm³/mol. The van der Waals surface area contributed by atoms with Gasteiger partial charge in [-0.1, -0.05) is 20.3 Å². The maximum atomic E-state index is 6.04. The molecule has 0 aromatic rings. The molecule has 0 spiro atoms. The molecule has 5 nitrogen and oxygen atoms in total. The van der Waals surface area contributed by atoms with Gasteiger partial charge in [-0.05, 0) is 51.9 Å². The second kappa shape index (κ2) is 10.6. The first-order chi connectivity index (χ1) is 10.2. The summed E-state index contributed by atoms with van der Waals surface area (Å²) in [7, 11) is 0. The molecule has 2 saturated heterocycles. The summed E-state index contributed by atoms with van der Waals surface area (Å²) in [5, 5.41) is 3.34. The van der Waals surface area contributed by atoms with Crippen LogP contribution in [0.1, 0.15) is 46.0 Å². The van der Waals surface area contributed by atoms with Gasteiger partial charge in [0.25, 0.3) is 0 Å². The lowest BCUT2D eigenvalue weighted by Gasteiger charge is -2.35. The van der Waals surface area contributed by atoms with Crippen molar-refractivity contribution in [2.24, 2.45) is 10.7 Å². The average Bonchev–Trinajstić information content (AvgIpc) is 2.98. The van der Waals surface area contributed by atoms with E-state index in [0.29, 0.717) is 18.0 Å². The van der Waals surface area contributed by atoms with E-state index in [1.807, 2.05) is 0 Å². The number of nitrogens with one attached hydrogen (secondary N) is 1. The van der Waals surface area contributed by atoms with E-state index in [1.54, 1.807) is 0 Å². The number of hydrogen-bond donors (Lipinski definition) is 2. The zero-order valence-electron chi connectivity index (χ0n) is 14.3. The Morgan fingerprint density at radius 2 is 1.68 bits per heavy atom. The van der Waals surface area contributed by atoms with E-state index >= 15 is 0 Å². The Morgan fingerprint density at radius 1 is 1.05 bits per heavy atom. The van der Waals surface area contributed by atoms with Crippen LogP contribution in [0.5, 0.6) is 0 Å². The Balaban J connectivity index is 0.00000242. The normalized spacial score (nSPS) is 27.6. The summed E-state index contributed by atoms with van der Waals surface area (Å²) in [6.07, 6.45) is 6.52. The third-order valence-corrected chi connectivity index (χ3v) is 5.05. The van der Waals surface area contributed by atoms with Gasteiger partial charge in [-0.15, -0.1) is 24.0 Å². The van der Waals surface area contributed by atoms with Crippen LogP contribution < -0.4 is 11.1 Å². The maximum Gasteiger partial charge on any atom is 0.188 e. The summed E-state index contributed by atoms with van der Waals surface area (Å²) >= 11 is 0. The minimum Gasteiger partial charge on any atom is -0.370 e. The summed E-state index contributed by atoms with van der Waals surface area (Å²) in [5.41, 5.74) is 6.04. The van der Waals surface area contributed by atoms with E-state index < -0.39 is 0 Å². The number of rotatable bonds is 6. The monoisotopic (exact) mass is 423 g/mol. The van der Waals surface area contributed by atoms with Crippen molar-refractivity contribution in [1.82, 2.24) is 15.1 Å². The molecule has 2 atom stereocenters. The molecule has 0 aromatic heterocycles. The van der Waals surface area contributed by atoms with Crippen LogP contribution >= 0.6 is 24.0 Å². The van der Waals surface area contributed by atoms with Crippen LogP contribution in [0, 0.1) is 0 Å². The Hall–Kier alpha value is -0.0800. The highest BCUT2D eigenvalue weighted by Gasteiger charge is 2.23. The Morgan fingerprint density at radius 3 is 2.41 bits per heavy atom. The molecule has 2 fully saturated rings. The molecule has 2 aliphatic heterocycles. The van der Waals surface area contributed by atoms with Gasteiger partial charge in [-0.2, -0.15) is 0 Å². The smallest absolute Gasteiger partial charge is 0.188 e. The number of hydrogen-bond acceptors (Lipinski definition) is 3. The first kappa shape index (κ1) is 20.0. The van der Waals surface area contributed by atoms with Crippen LogP contribution in [-0.2, 0) is 0 Å². The number of likely N-dealkylation sites (tertiary alicyclic amines) is 2. The highest BCUT2D eigenvalue weighted by atomic mass is 127. The minimum absolute atomic E-state index is 0. The molecule has 0 bridgehead atoms. The summed E-state index contributed by atoms with van der Waals surface area (Å²) in [6.45, 7) is 11.0. The van der Waals surface area contributed by atoms with Crippen molar-refractivity contribution in [3.05, 3.63) is 0 Å². The van der Waals surface area contributed by atoms with Crippen LogP contribution in [0.15, 0.2) is 4.99 Å². The third-order valence-electron chi connectivity index (χ3n) is 5.05. The Kier molecular flexibility index (Phi) is 9.66. The molecule has 0 aliphatic carbocycles. The molecule has 6 heteroatoms.